The van der Waals surface area contributed by atoms with Crippen LogP contribution in [0.2, 0.25) is 0 Å². The summed E-state index contributed by atoms with van der Waals surface area (Å²) in [5, 5.41) is 2.83. The first kappa shape index (κ1) is 20.7. The van der Waals surface area contributed by atoms with Gasteiger partial charge in [-0.05, 0) is 42.3 Å². The van der Waals surface area contributed by atoms with Gasteiger partial charge in [-0.25, -0.2) is 12.8 Å². The number of methoxy groups -OCH3 is 1. The molecule has 0 saturated heterocycles. The molecule has 0 spiro atoms. The summed E-state index contributed by atoms with van der Waals surface area (Å²) in [5.74, 6) is -0.354. The van der Waals surface area contributed by atoms with Crippen molar-refractivity contribution in [1.82, 2.24) is 5.32 Å². The van der Waals surface area contributed by atoms with Crippen LogP contribution >= 0.6 is 0 Å². The highest BCUT2D eigenvalue weighted by molar-refractivity contribution is 7.92. The van der Waals surface area contributed by atoms with Crippen LogP contribution in [0.4, 0.5) is 10.1 Å². The van der Waals surface area contributed by atoms with Gasteiger partial charge in [0.25, 0.3) is 0 Å². The first-order valence-corrected chi connectivity index (χ1v) is 10.3. The SMILES string of the molecule is CC[C@@H](NC(=O)CN(c1cccc(F)c1)S(C)(=O)=O)c1ccc(OC)cc1. The van der Waals surface area contributed by atoms with Gasteiger partial charge in [-0.3, -0.25) is 9.10 Å². The summed E-state index contributed by atoms with van der Waals surface area (Å²) < 4.78 is 43.6. The Labute approximate surface area is 159 Å². The minimum Gasteiger partial charge on any atom is -0.497 e. The number of halogens is 1. The number of carbonyl (C=O) groups is 1. The Morgan fingerprint density at radius 3 is 2.41 bits per heavy atom. The van der Waals surface area contributed by atoms with Gasteiger partial charge >= 0.3 is 0 Å². The van der Waals surface area contributed by atoms with E-state index in [1.165, 1.54) is 18.2 Å². The molecule has 0 saturated carbocycles. The molecular weight excluding hydrogens is 371 g/mol. The van der Waals surface area contributed by atoms with Crippen LogP contribution in [0.15, 0.2) is 48.5 Å². The Kier molecular flexibility index (Phi) is 6.79. The van der Waals surface area contributed by atoms with Gasteiger partial charge in [-0.15, -0.1) is 0 Å². The van der Waals surface area contributed by atoms with Gasteiger partial charge in [-0.2, -0.15) is 0 Å². The van der Waals surface area contributed by atoms with E-state index in [2.05, 4.69) is 5.32 Å². The highest BCUT2D eigenvalue weighted by Crippen LogP contribution is 2.21. The van der Waals surface area contributed by atoms with Crippen LogP contribution in [-0.4, -0.2) is 34.2 Å². The number of benzene rings is 2. The molecule has 1 atom stereocenters. The second kappa shape index (κ2) is 8.85. The highest BCUT2D eigenvalue weighted by atomic mass is 32.2. The van der Waals surface area contributed by atoms with Crippen LogP contribution in [0.1, 0.15) is 24.9 Å². The van der Waals surface area contributed by atoms with Crippen molar-refractivity contribution in [2.75, 3.05) is 24.2 Å². The average molecular weight is 394 g/mol. The van der Waals surface area contributed by atoms with Crippen molar-refractivity contribution in [3.8, 4) is 5.75 Å². The molecule has 1 amide bonds. The summed E-state index contributed by atoms with van der Waals surface area (Å²) >= 11 is 0. The molecule has 1 N–H and O–H groups in total. The molecule has 0 fully saturated rings. The maximum Gasteiger partial charge on any atom is 0.241 e. The summed E-state index contributed by atoms with van der Waals surface area (Å²) in [6.07, 6.45) is 1.60. The Bertz CT molecular complexity index is 885. The summed E-state index contributed by atoms with van der Waals surface area (Å²) in [6, 6.07) is 12.1. The van der Waals surface area contributed by atoms with E-state index in [-0.39, 0.29) is 11.7 Å². The predicted octanol–water partition coefficient (Wildman–Crippen LogP) is 2.87. The smallest absolute Gasteiger partial charge is 0.241 e. The van der Waals surface area contributed by atoms with E-state index in [1.807, 2.05) is 19.1 Å². The number of nitrogens with zero attached hydrogens (tertiary/aromatic N) is 1. The van der Waals surface area contributed by atoms with Crippen LogP contribution < -0.4 is 14.4 Å². The number of hydrogen-bond acceptors (Lipinski definition) is 4. The molecule has 0 bridgehead atoms. The second-order valence-corrected chi connectivity index (χ2v) is 7.96. The van der Waals surface area contributed by atoms with Crippen LogP contribution in [0.3, 0.4) is 0 Å². The number of hydrogen-bond donors (Lipinski definition) is 1. The molecule has 146 valence electrons. The fourth-order valence-electron chi connectivity index (χ4n) is 2.66. The monoisotopic (exact) mass is 394 g/mol. The van der Waals surface area contributed by atoms with Crippen molar-refractivity contribution in [2.24, 2.45) is 0 Å². The van der Waals surface area contributed by atoms with Crippen LogP contribution in [0, 0.1) is 5.82 Å². The zero-order valence-corrected chi connectivity index (χ0v) is 16.3. The van der Waals surface area contributed by atoms with Crippen molar-refractivity contribution in [3.05, 3.63) is 59.9 Å². The average Bonchev–Trinajstić information content (AvgIpc) is 2.63. The third kappa shape index (κ3) is 5.68. The lowest BCUT2D eigenvalue weighted by atomic mass is 10.0. The van der Waals surface area contributed by atoms with Crippen molar-refractivity contribution in [3.63, 3.8) is 0 Å². The molecule has 0 aromatic heterocycles. The molecule has 2 aromatic rings. The number of nitrogens with one attached hydrogen (secondary N) is 1. The largest absolute Gasteiger partial charge is 0.497 e. The molecule has 0 unspecified atom stereocenters. The van der Waals surface area contributed by atoms with Crippen molar-refractivity contribution < 1.29 is 22.3 Å². The van der Waals surface area contributed by atoms with Crippen molar-refractivity contribution in [2.45, 2.75) is 19.4 Å². The third-order valence-corrected chi connectivity index (χ3v) is 5.19. The molecule has 0 heterocycles. The van der Waals surface area contributed by atoms with Gasteiger partial charge < -0.3 is 10.1 Å². The summed E-state index contributed by atoms with van der Waals surface area (Å²) in [7, 11) is -2.19. The lowest BCUT2D eigenvalue weighted by molar-refractivity contribution is -0.120. The van der Waals surface area contributed by atoms with Gasteiger partial charge in [0.05, 0.1) is 25.1 Å². The molecule has 0 aliphatic heterocycles. The van der Waals surface area contributed by atoms with E-state index in [9.17, 15) is 17.6 Å². The molecule has 2 rings (SSSR count). The van der Waals surface area contributed by atoms with E-state index in [4.69, 9.17) is 4.74 Å². The van der Waals surface area contributed by atoms with Crippen molar-refractivity contribution >= 4 is 21.6 Å². The number of rotatable bonds is 8. The predicted molar refractivity (Wildman–Crippen MR) is 103 cm³/mol. The molecule has 0 aliphatic rings. The van der Waals surface area contributed by atoms with E-state index in [1.54, 1.807) is 19.2 Å². The minimum absolute atomic E-state index is 0.102. The lowest BCUT2D eigenvalue weighted by Gasteiger charge is -2.24. The van der Waals surface area contributed by atoms with E-state index in [0.29, 0.717) is 12.2 Å². The quantitative estimate of drug-likeness (QED) is 0.747. The highest BCUT2D eigenvalue weighted by Gasteiger charge is 2.23. The van der Waals surface area contributed by atoms with Gasteiger partial charge in [0.2, 0.25) is 15.9 Å². The molecule has 8 heteroatoms. The summed E-state index contributed by atoms with van der Waals surface area (Å²) in [6.45, 7) is 1.48. The summed E-state index contributed by atoms with van der Waals surface area (Å²) in [5.41, 5.74) is 0.980. The Balaban J connectivity index is 2.16. The lowest BCUT2D eigenvalue weighted by Crippen LogP contribution is -2.41. The molecule has 27 heavy (non-hydrogen) atoms. The van der Waals surface area contributed by atoms with E-state index < -0.39 is 28.3 Å². The number of amides is 1. The first-order valence-electron chi connectivity index (χ1n) is 8.41. The topological polar surface area (TPSA) is 75.7 Å². The minimum atomic E-state index is -3.76. The van der Waals surface area contributed by atoms with Gasteiger partial charge in [0.15, 0.2) is 0 Å². The Morgan fingerprint density at radius 2 is 1.89 bits per heavy atom. The standard InChI is InChI=1S/C19H23FN2O4S/c1-4-18(14-8-10-17(26-2)11-9-14)21-19(23)13-22(27(3,24)25)16-7-5-6-15(20)12-16/h5-12,18H,4,13H2,1-3H3,(H,21,23)/t18-/m1/s1. The Morgan fingerprint density at radius 1 is 1.22 bits per heavy atom. The van der Waals surface area contributed by atoms with Gasteiger partial charge in [0, 0.05) is 0 Å². The fourth-order valence-corrected chi connectivity index (χ4v) is 3.51. The first-order chi connectivity index (χ1) is 12.7. The molecule has 0 aliphatic carbocycles. The zero-order chi connectivity index (χ0) is 20.0. The Hall–Kier alpha value is -2.61. The van der Waals surface area contributed by atoms with Gasteiger partial charge in [0.1, 0.15) is 18.1 Å². The van der Waals surface area contributed by atoms with Crippen molar-refractivity contribution in [1.29, 1.82) is 0 Å². The normalized spacial score (nSPS) is 12.3. The molecule has 6 nitrogen and oxygen atoms in total. The van der Waals surface area contributed by atoms with E-state index >= 15 is 0 Å². The molecule has 2 aromatic carbocycles. The fraction of sp³-hybridized carbons (Fsp3) is 0.316. The second-order valence-electron chi connectivity index (χ2n) is 6.05. The molecule has 0 radical (unpaired) electrons. The maximum atomic E-state index is 13.5. The van der Waals surface area contributed by atoms with Crippen LogP contribution in [-0.2, 0) is 14.8 Å². The van der Waals surface area contributed by atoms with Crippen LogP contribution in [0.25, 0.3) is 0 Å². The summed E-state index contributed by atoms with van der Waals surface area (Å²) in [4.78, 5) is 12.5. The number of sulfonamides is 1. The van der Waals surface area contributed by atoms with Crippen LogP contribution in [0.5, 0.6) is 5.75 Å². The number of anilines is 1. The molecular formula is C19H23FN2O4S. The zero-order valence-electron chi connectivity index (χ0n) is 15.5. The maximum absolute atomic E-state index is 13.5. The number of ether oxygens (including phenoxy) is 1. The van der Waals surface area contributed by atoms with E-state index in [0.717, 1.165) is 22.2 Å². The number of carbonyl (C=O) groups excluding carboxylic acids is 1. The van der Waals surface area contributed by atoms with Gasteiger partial charge in [-0.1, -0.05) is 25.1 Å². The third-order valence-electron chi connectivity index (χ3n) is 4.05.